The number of carbonyl (C=O) groups is 2. The summed E-state index contributed by atoms with van der Waals surface area (Å²) in [6.45, 7) is 6.40. The molecule has 2 N–H and O–H groups in total. The topological polar surface area (TPSA) is 71.3 Å². The van der Waals surface area contributed by atoms with Crippen LogP contribution in [0.5, 0.6) is 0 Å². The summed E-state index contributed by atoms with van der Waals surface area (Å²) in [6, 6.07) is 28.1. The average molecular weight is 465 g/mol. The molecule has 0 fully saturated rings. The lowest BCUT2D eigenvalue weighted by molar-refractivity contribution is -0.111. The molecule has 0 bridgehead atoms. The highest BCUT2D eigenvalue weighted by Crippen LogP contribution is 2.24. The normalized spacial score (nSPS) is 11.4. The maximum Gasteiger partial charge on any atom is 0.255 e. The Hall–Kier alpha value is -4.38. The molecule has 2 amide bonds. The molecule has 0 saturated carbocycles. The predicted molar refractivity (Wildman–Crippen MR) is 141 cm³/mol. The molecule has 0 saturated heterocycles. The molecule has 35 heavy (non-hydrogen) atoms. The molecule has 0 atom stereocenters. The van der Waals surface area contributed by atoms with Gasteiger partial charge in [-0.3, -0.25) is 9.59 Å². The van der Waals surface area contributed by atoms with Crippen LogP contribution in [-0.4, -0.2) is 11.8 Å². The molecule has 4 rings (SSSR count). The SMILES string of the molecule is CC(C)(C)c1ccc(C(=O)Nc2cccc(NC(=O)/C=C/c3ccc(-c4ccccc4)o3)c2)cc1. The summed E-state index contributed by atoms with van der Waals surface area (Å²) in [5.41, 5.74) is 3.90. The zero-order valence-electron chi connectivity index (χ0n) is 20.0. The quantitative estimate of drug-likeness (QED) is 0.298. The van der Waals surface area contributed by atoms with Gasteiger partial charge in [0.05, 0.1) is 0 Å². The number of furan rings is 1. The number of hydrogen-bond donors (Lipinski definition) is 2. The van der Waals surface area contributed by atoms with Gasteiger partial charge in [0.2, 0.25) is 5.91 Å². The van der Waals surface area contributed by atoms with Crippen LogP contribution in [0.4, 0.5) is 11.4 Å². The van der Waals surface area contributed by atoms with Gasteiger partial charge in [-0.2, -0.15) is 0 Å². The Morgan fingerprint density at radius 1 is 0.771 bits per heavy atom. The van der Waals surface area contributed by atoms with Crippen molar-refractivity contribution < 1.29 is 14.0 Å². The highest BCUT2D eigenvalue weighted by atomic mass is 16.3. The third-order valence-corrected chi connectivity index (χ3v) is 5.49. The molecular weight excluding hydrogens is 436 g/mol. The maximum absolute atomic E-state index is 12.7. The van der Waals surface area contributed by atoms with Gasteiger partial charge in [-0.1, -0.05) is 69.3 Å². The van der Waals surface area contributed by atoms with Gasteiger partial charge in [-0.25, -0.2) is 0 Å². The van der Waals surface area contributed by atoms with Gasteiger partial charge < -0.3 is 15.1 Å². The first-order valence-electron chi connectivity index (χ1n) is 11.4. The van der Waals surface area contributed by atoms with Crippen molar-refractivity contribution in [2.45, 2.75) is 26.2 Å². The smallest absolute Gasteiger partial charge is 0.255 e. The van der Waals surface area contributed by atoms with Crippen LogP contribution in [-0.2, 0) is 10.2 Å². The molecule has 0 aliphatic carbocycles. The van der Waals surface area contributed by atoms with Crippen LogP contribution < -0.4 is 10.6 Å². The zero-order valence-corrected chi connectivity index (χ0v) is 20.0. The summed E-state index contributed by atoms with van der Waals surface area (Å²) in [4.78, 5) is 25.1. The van der Waals surface area contributed by atoms with Crippen molar-refractivity contribution in [1.82, 2.24) is 0 Å². The van der Waals surface area contributed by atoms with Gasteiger partial charge in [0.15, 0.2) is 0 Å². The van der Waals surface area contributed by atoms with E-state index in [1.54, 1.807) is 30.3 Å². The Morgan fingerprint density at radius 3 is 2.14 bits per heavy atom. The van der Waals surface area contributed by atoms with Gasteiger partial charge in [0, 0.05) is 28.6 Å². The van der Waals surface area contributed by atoms with E-state index >= 15 is 0 Å². The molecule has 3 aromatic carbocycles. The Labute approximate surface area is 205 Å². The van der Waals surface area contributed by atoms with Crippen LogP contribution >= 0.6 is 0 Å². The van der Waals surface area contributed by atoms with E-state index in [4.69, 9.17) is 4.42 Å². The van der Waals surface area contributed by atoms with Gasteiger partial charge >= 0.3 is 0 Å². The van der Waals surface area contributed by atoms with Crippen molar-refractivity contribution in [1.29, 1.82) is 0 Å². The largest absolute Gasteiger partial charge is 0.457 e. The van der Waals surface area contributed by atoms with E-state index in [1.165, 1.54) is 6.08 Å². The second-order valence-electron chi connectivity index (χ2n) is 9.25. The molecule has 0 spiro atoms. The van der Waals surface area contributed by atoms with Crippen LogP contribution in [0.15, 0.2) is 101 Å². The summed E-state index contributed by atoms with van der Waals surface area (Å²) in [5.74, 6) is 0.810. The third kappa shape index (κ3) is 6.36. The first-order chi connectivity index (χ1) is 16.8. The Balaban J connectivity index is 1.36. The predicted octanol–water partition coefficient (Wildman–Crippen LogP) is 7.15. The number of rotatable bonds is 6. The number of amides is 2. The first kappa shape index (κ1) is 23.8. The van der Waals surface area contributed by atoms with Crippen LogP contribution in [0.1, 0.15) is 42.5 Å². The minimum atomic E-state index is -0.302. The number of carbonyl (C=O) groups excluding carboxylic acids is 2. The fraction of sp³-hybridized carbons (Fsp3) is 0.133. The van der Waals surface area contributed by atoms with E-state index in [0.29, 0.717) is 22.7 Å². The molecule has 0 aliphatic rings. The van der Waals surface area contributed by atoms with Gasteiger partial charge in [-0.05, 0) is 59.5 Å². The molecule has 0 aliphatic heterocycles. The first-order valence-corrected chi connectivity index (χ1v) is 11.4. The highest BCUT2D eigenvalue weighted by Gasteiger charge is 2.14. The summed E-state index contributed by atoms with van der Waals surface area (Å²) in [5, 5.41) is 5.69. The van der Waals surface area contributed by atoms with Gasteiger partial charge in [-0.15, -0.1) is 0 Å². The lowest BCUT2D eigenvalue weighted by Gasteiger charge is -2.19. The Bertz CT molecular complexity index is 1340. The molecule has 176 valence electrons. The Kier molecular flexibility index (Phi) is 6.97. The molecule has 5 heteroatoms. The van der Waals surface area contributed by atoms with Crippen molar-refractivity contribution in [2.24, 2.45) is 0 Å². The van der Waals surface area contributed by atoms with E-state index in [9.17, 15) is 9.59 Å². The number of nitrogens with one attached hydrogen (secondary N) is 2. The van der Waals surface area contributed by atoms with E-state index in [2.05, 4.69) is 31.4 Å². The van der Waals surface area contributed by atoms with Crippen molar-refractivity contribution in [2.75, 3.05) is 10.6 Å². The molecule has 4 aromatic rings. The van der Waals surface area contributed by atoms with E-state index in [-0.39, 0.29) is 17.2 Å². The second-order valence-corrected chi connectivity index (χ2v) is 9.25. The van der Waals surface area contributed by atoms with Crippen LogP contribution in [0, 0.1) is 0 Å². The second kappa shape index (κ2) is 10.3. The number of benzene rings is 3. The van der Waals surface area contributed by atoms with Crippen molar-refractivity contribution >= 4 is 29.3 Å². The highest BCUT2D eigenvalue weighted by molar-refractivity contribution is 6.05. The molecular formula is C30H28N2O3. The van der Waals surface area contributed by atoms with Crippen molar-refractivity contribution in [3.05, 3.63) is 114 Å². The van der Waals surface area contributed by atoms with E-state index in [1.807, 2.05) is 66.7 Å². The fourth-order valence-electron chi connectivity index (χ4n) is 3.54. The summed E-state index contributed by atoms with van der Waals surface area (Å²) < 4.78 is 5.79. The van der Waals surface area contributed by atoms with E-state index < -0.39 is 0 Å². The van der Waals surface area contributed by atoms with Gasteiger partial charge in [0.25, 0.3) is 5.91 Å². The summed E-state index contributed by atoms with van der Waals surface area (Å²) in [7, 11) is 0. The number of anilines is 2. The minimum absolute atomic E-state index is 0.0249. The molecule has 1 aromatic heterocycles. The third-order valence-electron chi connectivity index (χ3n) is 5.49. The lowest BCUT2D eigenvalue weighted by atomic mass is 9.87. The van der Waals surface area contributed by atoms with Crippen LogP contribution in [0.3, 0.4) is 0 Å². The lowest BCUT2D eigenvalue weighted by Crippen LogP contribution is -2.14. The molecule has 0 radical (unpaired) electrons. The number of hydrogen-bond acceptors (Lipinski definition) is 3. The van der Waals surface area contributed by atoms with Crippen LogP contribution in [0.25, 0.3) is 17.4 Å². The molecule has 1 heterocycles. The van der Waals surface area contributed by atoms with E-state index in [0.717, 1.165) is 16.9 Å². The monoisotopic (exact) mass is 464 g/mol. The minimum Gasteiger partial charge on any atom is -0.457 e. The fourth-order valence-corrected chi connectivity index (χ4v) is 3.54. The molecule has 5 nitrogen and oxygen atoms in total. The summed E-state index contributed by atoms with van der Waals surface area (Å²) >= 11 is 0. The van der Waals surface area contributed by atoms with Gasteiger partial charge in [0.1, 0.15) is 11.5 Å². The maximum atomic E-state index is 12.7. The average Bonchev–Trinajstić information content (AvgIpc) is 3.32. The van der Waals surface area contributed by atoms with Crippen molar-refractivity contribution in [3.8, 4) is 11.3 Å². The van der Waals surface area contributed by atoms with Crippen LogP contribution in [0.2, 0.25) is 0 Å². The summed E-state index contributed by atoms with van der Waals surface area (Å²) in [6.07, 6.45) is 3.03. The molecule has 0 unspecified atom stereocenters. The standard InChI is InChI=1S/C30H28N2O3/c1-30(2,3)23-14-12-22(13-15-23)29(34)32-25-11-7-10-24(20-25)31-28(33)19-17-26-16-18-27(35-26)21-8-5-4-6-9-21/h4-20H,1-3H3,(H,31,33)(H,32,34)/b19-17+. The zero-order chi connectivity index (χ0) is 24.8. The Morgan fingerprint density at radius 2 is 1.46 bits per heavy atom. The van der Waals surface area contributed by atoms with Crippen molar-refractivity contribution in [3.63, 3.8) is 0 Å².